The third kappa shape index (κ3) is 3.35. The molecule has 102 valence electrons. The molecule has 0 saturated carbocycles. The van der Waals surface area contributed by atoms with Crippen LogP contribution in [0, 0.1) is 0 Å². The normalized spacial score (nSPS) is 12.4. The van der Waals surface area contributed by atoms with Gasteiger partial charge in [-0.2, -0.15) is 0 Å². The topological polar surface area (TPSA) is 47.3 Å². The molecule has 0 bridgehead atoms. The van der Waals surface area contributed by atoms with Crippen molar-refractivity contribution in [3.63, 3.8) is 0 Å². The highest BCUT2D eigenvalue weighted by Gasteiger charge is 2.11. The first-order valence-electron chi connectivity index (χ1n) is 6.54. The SMILES string of the molecule is CCc1cnc(CNC(C)c2ccccc2OC)o1. The Hall–Kier alpha value is -1.81. The molecule has 0 fully saturated rings. The number of hydrogen-bond acceptors (Lipinski definition) is 4. The second kappa shape index (κ2) is 6.38. The maximum atomic E-state index is 5.57. The maximum Gasteiger partial charge on any atom is 0.208 e. The van der Waals surface area contributed by atoms with Gasteiger partial charge in [-0.05, 0) is 13.0 Å². The minimum absolute atomic E-state index is 0.174. The molecule has 1 N–H and O–H groups in total. The summed E-state index contributed by atoms with van der Waals surface area (Å²) in [6, 6.07) is 8.18. The molecule has 1 aromatic heterocycles. The lowest BCUT2D eigenvalue weighted by molar-refractivity contribution is 0.393. The third-order valence-electron chi connectivity index (χ3n) is 3.11. The number of aromatic nitrogens is 1. The molecule has 4 heteroatoms. The van der Waals surface area contributed by atoms with Crippen molar-refractivity contribution >= 4 is 0 Å². The number of nitrogens with one attached hydrogen (secondary N) is 1. The number of hydrogen-bond donors (Lipinski definition) is 1. The highest BCUT2D eigenvalue weighted by molar-refractivity contribution is 5.35. The van der Waals surface area contributed by atoms with E-state index in [4.69, 9.17) is 9.15 Å². The van der Waals surface area contributed by atoms with Crippen LogP contribution in [0.25, 0.3) is 0 Å². The van der Waals surface area contributed by atoms with Crippen molar-refractivity contribution in [2.75, 3.05) is 7.11 Å². The predicted molar refractivity (Wildman–Crippen MR) is 74.1 cm³/mol. The quantitative estimate of drug-likeness (QED) is 0.867. The first-order chi connectivity index (χ1) is 9.24. The van der Waals surface area contributed by atoms with E-state index in [2.05, 4.69) is 30.2 Å². The average Bonchev–Trinajstić information content (AvgIpc) is 2.92. The molecule has 1 unspecified atom stereocenters. The highest BCUT2D eigenvalue weighted by atomic mass is 16.5. The van der Waals surface area contributed by atoms with E-state index in [-0.39, 0.29) is 6.04 Å². The fourth-order valence-electron chi connectivity index (χ4n) is 1.97. The van der Waals surface area contributed by atoms with Crippen LogP contribution in [0.15, 0.2) is 34.9 Å². The molecule has 0 aliphatic rings. The summed E-state index contributed by atoms with van der Waals surface area (Å²) in [5.41, 5.74) is 1.13. The van der Waals surface area contributed by atoms with Crippen LogP contribution in [0.2, 0.25) is 0 Å². The summed E-state index contributed by atoms with van der Waals surface area (Å²) in [5, 5.41) is 3.39. The maximum absolute atomic E-state index is 5.57. The fraction of sp³-hybridized carbons (Fsp3) is 0.400. The number of methoxy groups -OCH3 is 1. The van der Waals surface area contributed by atoms with Crippen molar-refractivity contribution in [3.8, 4) is 5.75 Å². The molecule has 19 heavy (non-hydrogen) atoms. The zero-order valence-corrected chi connectivity index (χ0v) is 11.6. The minimum Gasteiger partial charge on any atom is -0.496 e. The van der Waals surface area contributed by atoms with Gasteiger partial charge < -0.3 is 14.5 Å². The zero-order chi connectivity index (χ0) is 13.7. The van der Waals surface area contributed by atoms with Crippen LogP contribution in [-0.4, -0.2) is 12.1 Å². The minimum atomic E-state index is 0.174. The lowest BCUT2D eigenvalue weighted by Gasteiger charge is -2.16. The van der Waals surface area contributed by atoms with Crippen molar-refractivity contribution in [1.82, 2.24) is 10.3 Å². The summed E-state index contributed by atoms with van der Waals surface area (Å²) in [6.07, 6.45) is 2.65. The van der Waals surface area contributed by atoms with Crippen LogP contribution in [0.5, 0.6) is 5.75 Å². The Labute approximate surface area is 113 Å². The van der Waals surface area contributed by atoms with Gasteiger partial charge >= 0.3 is 0 Å². The second-order valence-corrected chi connectivity index (χ2v) is 4.42. The number of para-hydroxylation sites is 1. The Morgan fingerprint density at radius 2 is 2.16 bits per heavy atom. The van der Waals surface area contributed by atoms with Crippen molar-refractivity contribution < 1.29 is 9.15 Å². The molecule has 2 rings (SSSR count). The van der Waals surface area contributed by atoms with Crippen molar-refractivity contribution in [2.24, 2.45) is 0 Å². The van der Waals surface area contributed by atoms with Gasteiger partial charge in [0.2, 0.25) is 5.89 Å². The lowest BCUT2D eigenvalue weighted by atomic mass is 10.1. The van der Waals surface area contributed by atoms with E-state index in [0.29, 0.717) is 6.54 Å². The number of aryl methyl sites for hydroxylation is 1. The largest absolute Gasteiger partial charge is 0.496 e. The molecule has 0 spiro atoms. The summed E-state index contributed by atoms with van der Waals surface area (Å²) in [4.78, 5) is 4.23. The summed E-state index contributed by atoms with van der Waals surface area (Å²) in [7, 11) is 1.69. The summed E-state index contributed by atoms with van der Waals surface area (Å²) < 4.78 is 10.9. The number of oxazole rings is 1. The van der Waals surface area contributed by atoms with Gasteiger partial charge in [-0.15, -0.1) is 0 Å². The fourth-order valence-corrected chi connectivity index (χ4v) is 1.97. The van der Waals surface area contributed by atoms with Crippen LogP contribution < -0.4 is 10.1 Å². The summed E-state index contributed by atoms with van der Waals surface area (Å²) in [5.74, 6) is 2.53. The van der Waals surface area contributed by atoms with E-state index in [9.17, 15) is 0 Å². The lowest BCUT2D eigenvalue weighted by Crippen LogP contribution is -2.18. The van der Waals surface area contributed by atoms with E-state index >= 15 is 0 Å². The van der Waals surface area contributed by atoms with Crippen LogP contribution in [0.4, 0.5) is 0 Å². The van der Waals surface area contributed by atoms with Crippen LogP contribution in [0.1, 0.15) is 37.1 Å². The molecular weight excluding hydrogens is 240 g/mol. The third-order valence-corrected chi connectivity index (χ3v) is 3.11. The van der Waals surface area contributed by atoms with Gasteiger partial charge in [-0.25, -0.2) is 4.98 Å². The zero-order valence-electron chi connectivity index (χ0n) is 11.6. The van der Waals surface area contributed by atoms with E-state index < -0.39 is 0 Å². The molecular formula is C15H20N2O2. The van der Waals surface area contributed by atoms with E-state index in [1.807, 2.05) is 18.2 Å². The Balaban J connectivity index is 1.98. The molecule has 0 radical (unpaired) electrons. The first-order valence-corrected chi connectivity index (χ1v) is 6.54. The Morgan fingerprint density at radius 1 is 1.37 bits per heavy atom. The number of benzene rings is 1. The molecule has 0 amide bonds. The molecule has 1 heterocycles. The molecule has 1 atom stereocenters. The standard InChI is InChI=1S/C15H20N2O2/c1-4-12-9-17-15(19-12)10-16-11(2)13-7-5-6-8-14(13)18-3/h5-9,11,16H,4,10H2,1-3H3. The van der Waals surface area contributed by atoms with Gasteiger partial charge in [0.15, 0.2) is 0 Å². The van der Waals surface area contributed by atoms with Gasteiger partial charge in [0.1, 0.15) is 11.5 Å². The number of rotatable bonds is 6. The monoisotopic (exact) mass is 260 g/mol. The van der Waals surface area contributed by atoms with Crippen molar-refractivity contribution in [1.29, 1.82) is 0 Å². The molecule has 0 aliphatic heterocycles. The molecule has 4 nitrogen and oxygen atoms in total. The smallest absolute Gasteiger partial charge is 0.208 e. The predicted octanol–water partition coefficient (Wildman–Crippen LogP) is 3.10. The Bertz CT molecular complexity index is 522. The molecule has 1 aromatic carbocycles. The van der Waals surface area contributed by atoms with Gasteiger partial charge in [0.05, 0.1) is 19.9 Å². The van der Waals surface area contributed by atoms with E-state index in [0.717, 1.165) is 29.4 Å². The number of ether oxygens (including phenoxy) is 1. The van der Waals surface area contributed by atoms with Crippen molar-refractivity contribution in [3.05, 3.63) is 47.7 Å². The van der Waals surface area contributed by atoms with Gasteiger partial charge in [0, 0.05) is 18.0 Å². The molecule has 2 aromatic rings. The highest BCUT2D eigenvalue weighted by Crippen LogP contribution is 2.24. The molecule has 0 aliphatic carbocycles. The molecule has 0 saturated heterocycles. The van der Waals surface area contributed by atoms with E-state index in [1.165, 1.54) is 0 Å². The van der Waals surface area contributed by atoms with Crippen molar-refractivity contribution in [2.45, 2.75) is 32.9 Å². The Morgan fingerprint density at radius 3 is 2.84 bits per heavy atom. The number of nitrogens with zero attached hydrogens (tertiary/aromatic N) is 1. The Kier molecular flexibility index (Phi) is 4.58. The van der Waals surface area contributed by atoms with Gasteiger partial charge in [0.25, 0.3) is 0 Å². The van der Waals surface area contributed by atoms with Gasteiger partial charge in [-0.1, -0.05) is 25.1 Å². The van der Waals surface area contributed by atoms with Crippen LogP contribution in [0.3, 0.4) is 0 Å². The van der Waals surface area contributed by atoms with Crippen LogP contribution in [-0.2, 0) is 13.0 Å². The summed E-state index contributed by atoms with van der Waals surface area (Å²) >= 11 is 0. The second-order valence-electron chi connectivity index (χ2n) is 4.42. The van der Waals surface area contributed by atoms with Crippen LogP contribution >= 0.6 is 0 Å². The summed E-state index contributed by atoms with van der Waals surface area (Å²) in [6.45, 7) is 4.76. The first kappa shape index (κ1) is 13.6. The van der Waals surface area contributed by atoms with E-state index in [1.54, 1.807) is 13.3 Å². The average molecular weight is 260 g/mol. The van der Waals surface area contributed by atoms with Gasteiger partial charge in [-0.3, -0.25) is 0 Å².